The molecule has 1 N–H and O–H groups in total. The van der Waals surface area contributed by atoms with Crippen molar-refractivity contribution in [2.45, 2.75) is 12.8 Å². The lowest BCUT2D eigenvalue weighted by atomic mass is 9.88. The zero-order chi connectivity index (χ0) is 20.8. The average Bonchev–Trinajstić information content (AvgIpc) is 2.81. The van der Waals surface area contributed by atoms with Crippen LogP contribution >= 0.6 is 0 Å². The molecule has 1 aliphatic heterocycles. The van der Waals surface area contributed by atoms with Gasteiger partial charge in [-0.05, 0) is 53.8 Å². The Morgan fingerprint density at radius 3 is 1.83 bits per heavy atom. The van der Waals surface area contributed by atoms with Gasteiger partial charge in [0.25, 0.3) is 0 Å². The van der Waals surface area contributed by atoms with Gasteiger partial charge in [-0.15, -0.1) is 0 Å². The first-order chi connectivity index (χ1) is 14.7. The summed E-state index contributed by atoms with van der Waals surface area (Å²) in [6.45, 7) is 1.36. The van der Waals surface area contributed by atoms with Crippen LogP contribution in [0.5, 0.6) is 0 Å². The molecule has 4 heteroatoms. The first kappa shape index (κ1) is 19.5. The molecule has 0 radical (unpaired) electrons. The minimum absolute atomic E-state index is 0.0975. The zero-order valence-corrected chi connectivity index (χ0v) is 16.7. The van der Waals surface area contributed by atoms with Gasteiger partial charge < -0.3 is 10.2 Å². The highest BCUT2D eigenvalue weighted by Crippen LogP contribution is 2.32. The van der Waals surface area contributed by atoms with E-state index < -0.39 is 0 Å². The second-order valence-corrected chi connectivity index (χ2v) is 7.32. The van der Waals surface area contributed by atoms with E-state index in [1.807, 2.05) is 17.0 Å². The predicted molar refractivity (Wildman–Crippen MR) is 120 cm³/mol. The van der Waals surface area contributed by atoms with Crippen LogP contribution in [0.25, 0.3) is 5.57 Å². The molecule has 0 atom stereocenters. The minimum atomic E-state index is -0.0975. The summed E-state index contributed by atoms with van der Waals surface area (Å²) in [6, 6.07) is 29.9. The van der Waals surface area contributed by atoms with Gasteiger partial charge in [0.1, 0.15) is 0 Å². The summed E-state index contributed by atoms with van der Waals surface area (Å²) in [4.78, 5) is 14.5. The van der Waals surface area contributed by atoms with Gasteiger partial charge in [0.05, 0.1) is 11.6 Å². The van der Waals surface area contributed by atoms with E-state index in [0.717, 1.165) is 12.8 Å². The van der Waals surface area contributed by atoms with Crippen molar-refractivity contribution >= 4 is 17.3 Å². The lowest BCUT2D eigenvalue weighted by molar-refractivity contribution is 0.207. The van der Waals surface area contributed by atoms with E-state index in [1.165, 1.54) is 22.3 Å². The summed E-state index contributed by atoms with van der Waals surface area (Å²) in [5.41, 5.74) is 6.38. The molecule has 1 aliphatic rings. The molecule has 0 aromatic heterocycles. The Labute approximate surface area is 177 Å². The molecule has 4 rings (SSSR count). The zero-order valence-electron chi connectivity index (χ0n) is 16.7. The van der Waals surface area contributed by atoms with Gasteiger partial charge >= 0.3 is 6.03 Å². The number of likely N-dealkylation sites (tertiary alicyclic amines) is 1. The van der Waals surface area contributed by atoms with E-state index in [0.29, 0.717) is 24.3 Å². The van der Waals surface area contributed by atoms with Crippen LogP contribution < -0.4 is 5.32 Å². The standard InChI is InChI=1S/C26H23N3O/c27-19-20-11-13-24(14-12-20)28-26(30)29-17-15-23(16-18-29)25(21-7-3-1-4-8-21)22-9-5-2-6-10-22/h1-14H,15-18H2,(H,28,30). The lowest BCUT2D eigenvalue weighted by Gasteiger charge is -2.30. The molecule has 4 nitrogen and oxygen atoms in total. The van der Waals surface area contributed by atoms with Crippen LogP contribution in [-0.2, 0) is 0 Å². The summed E-state index contributed by atoms with van der Waals surface area (Å²) < 4.78 is 0. The quantitative estimate of drug-likeness (QED) is 0.622. The molecule has 0 saturated carbocycles. The van der Waals surface area contributed by atoms with E-state index in [2.05, 4.69) is 59.9 Å². The molecule has 3 aromatic carbocycles. The maximum atomic E-state index is 12.7. The first-order valence-corrected chi connectivity index (χ1v) is 10.1. The number of hydrogen-bond acceptors (Lipinski definition) is 2. The third-order valence-corrected chi connectivity index (χ3v) is 5.40. The minimum Gasteiger partial charge on any atom is -0.324 e. The van der Waals surface area contributed by atoms with Gasteiger partial charge in [-0.25, -0.2) is 4.79 Å². The highest BCUT2D eigenvalue weighted by molar-refractivity contribution is 5.90. The van der Waals surface area contributed by atoms with Crippen molar-refractivity contribution in [1.82, 2.24) is 4.90 Å². The number of nitrogens with one attached hydrogen (secondary N) is 1. The number of rotatable bonds is 3. The second kappa shape index (κ2) is 9.11. The normalized spacial score (nSPS) is 13.4. The van der Waals surface area contributed by atoms with Gasteiger partial charge in [0.2, 0.25) is 0 Å². The molecule has 0 spiro atoms. The largest absolute Gasteiger partial charge is 0.324 e. The van der Waals surface area contributed by atoms with Crippen LogP contribution in [0.2, 0.25) is 0 Å². The van der Waals surface area contributed by atoms with E-state index >= 15 is 0 Å². The lowest BCUT2D eigenvalue weighted by Crippen LogP contribution is -2.39. The highest BCUT2D eigenvalue weighted by Gasteiger charge is 2.22. The molecule has 30 heavy (non-hydrogen) atoms. The molecular weight excluding hydrogens is 370 g/mol. The Balaban J connectivity index is 1.50. The van der Waals surface area contributed by atoms with Crippen molar-refractivity contribution in [3.63, 3.8) is 0 Å². The first-order valence-electron chi connectivity index (χ1n) is 10.1. The molecule has 1 saturated heterocycles. The third kappa shape index (κ3) is 4.42. The second-order valence-electron chi connectivity index (χ2n) is 7.32. The topological polar surface area (TPSA) is 56.1 Å². The average molecular weight is 393 g/mol. The molecule has 1 heterocycles. The van der Waals surface area contributed by atoms with Crippen molar-refractivity contribution < 1.29 is 4.79 Å². The van der Waals surface area contributed by atoms with Gasteiger partial charge in [0, 0.05) is 18.8 Å². The Kier molecular flexibility index (Phi) is 5.91. The number of hydrogen-bond donors (Lipinski definition) is 1. The maximum absolute atomic E-state index is 12.7. The highest BCUT2D eigenvalue weighted by atomic mass is 16.2. The molecule has 2 amide bonds. The van der Waals surface area contributed by atoms with Crippen LogP contribution in [0.3, 0.4) is 0 Å². The fourth-order valence-corrected chi connectivity index (χ4v) is 3.84. The summed E-state index contributed by atoms with van der Waals surface area (Å²) in [7, 11) is 0. The molecule has 0 aliphatic carbocycles. The third-order valence-electron chi connectivity index (χ3n) is 5.40. The van der Waals surface area contributed by atoms with Crippen LogP contribution in [0.1, 0.15) is 29.5 Å². The van der Waals surface area contributed by atoms with Crippen molar-refractivity contribution in [3.05, 3.63) is 107 Å². The number of nitriles is 1. The van der Waals surface area contributed by atoms with Crippen molar-refractivity contribution in [1.29, 1.82) is 5.26 Å². The van der Waals surface area contributed by atoms with Crippen molar-refractivity contribution in [3.8, 4) is 6.07 Å². The number of piperidine rings is 1. The van der Waals surface area contributed by atoms with Gasteiger partial charge in [0.15, 0.2) is 0 Å². The summed E-state index contributed by atoms with van der Waals surface area (Å²) in [5.74, 6) is 0. The Bertz CT molecular complexity index is 1030. The van der Waals surface area contributed by atoms with Crippen molar-refractivity contribution in [2.24, 2.45) is 0 Å². The monoisotopic (exact) mass is 393 g/mol. The van der Waals surface area contributed by atoms with Gasteiger partial charge in [-0.2, -0.15) is 5.26 Å². The Morgan fingerprint density at radius 2 is 1.33 bits per heavy atom. The summed E-state index contributed by atoms with van der Waals surface area (Å²) >= 11 is 0. The number of carbonyl (C=O) groups excluding carboxylic acids is 1. The number of urea groups is 1. The number of carbonyl (C=O) groups is 1. The van der Waals surface area contributed by atoms with Crippen LogP contribution in [-0.4, -0.2) is 24.0 Å². The molecule has 1 fully saturated rings. The number of anilines is 1. The van der Waals surface area contributed by atoms with Gasteiger partial charge in [-0.1, -0.05) is 66.2 Å². The SMILES string of the molecule is N#Cc1ccc(NC(=O)N2CCC(=C(c3ccccc3)c3ccccc3)CC2)cc1. The Hall–Kier alpha value is -3.84. The molecule has 0 unspecified atom stereocenters. The maximum Gasteiger partial charge on any atom is 0.321 e. The van der Waals surface area contributed by atoms with E-state index in [4.69, 9.17) is 5.26 Å². The molecular formula is C26H23N3O. The summed E-state index contributed by atoms with van der Waals surface area (Å²) in [6.07, 6.45) is 1.69. The fourth-order valence-electron chi connectivity index (χ4n) is 3.84. The van der Waals surface area contributed by atoms with Crippen LogP contribution in [0.15, 0.2) is 90.5 Å². The molecule has 0 bridgehead atoms. The smallest absolute Gasteiger partial charge is 0.321 e. The van der Waals surface area contributed by atoms with Crippen LogP contribution in [0.4, 0.5) is 10.5 Å². The van der Waals surface area contributed by atoms with Gasteiger partial charge in [-0.3, -0.25) is 0 Å². The van der Waals surface area contributed by atoms with E-state index in [1.54, 1.807) is 24.3 Å². The van der Waals surface area contributed by atoms with Crippen LogP contribution in [0, 0.1) is 11.3 Å². The predicted octanol–water partition coefficient (Wildman–Crippen LogP) is 5.69. The fraction of sp³-hybridized carbons (Fsp3) is 0.154. The van der Waals surface area contributed by atoms with E-state index in [-0.39, 0.29) is 6.03 Å². The molecule has 148 valence electrons. The summed E-state index contributed by atoms with van der Waals surface area (Å²) in [5, 5.41) is 11.8. The van der Waals surface area contributed by atoms with E-state index in [9.17, 15) is 4.79 Å². The molecule has 3 aromatic rings. The number of amides is 2. The number of benzene rings is 3. The Morgan fingerprint density at radius 1 is 0.800 bits per heavy atom. The van der Waals surface area contributed by atoms with Crippen molar-refractivity contribution in [2.75, 3.05) is 18.4 Å². The number of nitrogens with zero attached hydrogens (tertiary/aromatic N) is 2.